The molecular weight excluding hydrogens is 344 g/mol. The van der Waals surface area contributed by atoms with Crippen LogP contribution in [0.1, 0.15) is 33.6 Å². The monoisotopic (exact) mass is 364 g/mol. The van der Waals surface area contributed by atoms with Gasteiger partial charge in [0.1, 0.15) is 0 Å². The zero-order valence-electron chi connectivity index (χ0n) is 13.5. The van der Waals surface area contributed by atoms with E-state index in [4.69, 9.17) is 0 Å². The second-order valence-electron chi connectivity index (χ2n) is 5.85. The molecular formula is C17H20N2O3S2. The molecule has 0 unspecified atom stereocenters. The fourth-order valence-electron chi connectivity index (χ4n) is 2.72. The number of hydrogen-bond acceptors (Lipinski definition) is 4. The first-order valence-electron chi connectivity index (χ1n) is 7.90. The maximum Gasteiger partial charge on any atom is 0.251 e. The van der Waals surface area contributed by atoms with Gasteiger partial charge in [0.25, 0.3) is 5.91 Å². The lowest BCUT2D eigenvalue weighted by molar-refractivity contribution is 0.0951. The van der Waals surface area contributed by atoms with Gasteiger partial charge in [-0.3, -0.25) is 4.79 Å². The van der Waals surface area contributed by atoms with Crippen LogP contribution in [0.2, 0.25) is 0 Å². The Hall–Kier alpha value is -1.70. The highest BCUT2D eigenvalue weighted by atomic mass is 32.2. The fraction of sp³-hybridized carbons (Fsp3) is 0.353. The summed E-state index contributed by atoms with van der Waals surface area (Å²) in [4.78, 5) is 13.6. The van der Waals surface area contributed by atoms with E-state index in [1.807, 2.05) is 18.4 Å². The maximum absolute atomic E-state index is 12.6. The molecule has 7 heteroatoms. The highest BCUT2D eigenvalue weighted by molar-refractivity contribution is 7.89. The Morgan fingerprint density at radius 2 is 2.00 bits per heavy atom. The summed E-state index contributed by atoms with van der Waals surface area (Å²) < 4.78 is 26.7. The number of sulfonamides is 1. The topological polar surface area (TPSA) is 66.5 Å². The van der Waals surface area contributed by atoms with E-state index in [1.54, 1.807) is 29.5 Å². The van der Waals surface area contributed by atoms with Crippen molar-refractivity contribution in [3.8, 4) is 0 Å². The van der Waals surface area contributed by atoms with Gasteiger partial charge in [0.2, 0.25) is 10.0 Å². The van der Waals surface area contributed by atoms with E-state index in [2.05, 4.69) is 5.32 Å². The highest BCUT2D eigenvalue weighted by Crippen LogP contribution is 2.21. The molecule has 0 bridgehead atoms. The molecule has 0 saturated carbocycles. The van der Waals surface area contributed by atoms with Gasteiger partial charge in [0.05, 0.1) is 11.4 Å². The van der Waals surface area contributed by atoms with Gasteiger partial charge in [0, 0.05) is 23.5 Å². The smallest absolute Gasteiger partial charge is 0.251 e. The van der Waals surface area contributed by atoms with Crippen molar-refractivity contribution in [2.24, 2.45) is 0 Å². The number of aryl methyl sites for hydroxylation is 1. The van der Waals surface area contributed by atoms with Crippen molar-refractivity contribution < 1.29 is 13.2 Å². The Balaban J connectivity index is 1.75. The van der Waals surface area contributed by atoms with Crippen LogP contribution < -0.4 is 5.32 Å². The molecule has 1 aliphatic rings. The van der Waals surface area contributed by atoms with Crippen LogP contribution in [0.3, 0.4) is 0 Å². The summed E-state index contributed by atoms with van der Waals surface area (Å²) in [7, 11) is -3.50. The van der Waals surface area contributed by atoms with Gasteiger partial charge < -0.3 is 5.32 Å². The first kappa shape index (κ1) is 17.1. The van der Waals surface area contributed by atoms with Gasteiger partial charge in [0.15, 0.2) is 0 Å². The molecule has 3 rings (SSSR count). The molecule has 1 fully saturated rings. The minimum absolute atomic E-state index is 0.185. The molecule has 0 radical (unpaired) electrons. The quantitative estimate of drug-likeness (QED) is 0.887. The average Bonchev–Trinajstić information content (AvgIpc) is 3.25. The van der Waals surface area contributed by atoms with Crippen molar-refractivity contribution in [1.82, 2.24) is 9.62 Å². The van der Waals surface area contributed by atoms with E-state index in [0.717, 1.165) is 23.3 Å². The lowest BCUT2D eigenvalue weighted by atomic mass is 10.2. The van der Waals surface area contributed by atoms with Crippen molar-refractivity contribution in [1.29, 1.82) is 0 Å². The van der Waals surface area contributed by atoms with Crippen LogP contribution in [0.25, 0.3) is 0 Å². The summed E-state index contributed by atoms with van der Waals surface area (Å²) in [5.74, 6) is -0.263. The Morgan fingerprint density at radius 1 is 1.25 bits per heavy atom. The van der Waals surface area contributed by atoms with Crippen LogP contribution in [0.15, 0.2) is 40.6 Å². The fourth-order valence-corrected chi connectivity index (χ4v) is 5.13. The van der Waals surface area contributed by atoms with E-state index in [0.29, 0.717) is 25.2 Å². The van der Waals surface area contributed by atoms with Gasteiger partial charge in [-0.2, -0.15) is 4.31 Å². The minimum atomic E-state index is -3.50. The molecule has 1 amide bonds. The number of thiophene rings is 1. The Labute approximate surface area is 146 Å². The summed E-state index contributed by atoms with van der Waals surface area (Å²) >= 11 is 1.59. The number of carbonyl (C=O) groups excluding carboxylic acids is 1. The van der Waals surface area contributed by atoms with E-state index < -0.39 is 10.0 Å². The molecule has 0 aliphatic carbocycles. The Morgan fingerprint density at radius 3 is 2.67 bits per heavy atom. The molecule has 1 aliphatic heterocycles. The van der Waals surface area contributed by atoms with E-state index in [9.17, 15) is 13.2 Å². The van der Waals surface area contributed by atoms with Gasteiger partial charge in [-0.05, 0) is 55.0 Å². The van der Waals surface area contributed by atoms with Crippen molar-refractivity contribution in [2.75, 3.05) is 13.1 Å². The SMILES string of the molecule is Cc1ccsc1CNC(=O)c1cccc(S(=O)(=O)N2CCCC2)c1. The lowest BCUT2D eigenvalue weighted by Gasteiger charge is -2.16. The van der Waals surface area contributed by atoms with Gasteiger partial charge >= 0.3 is 0 Å². The first-order valence-corrected chi connectivity index (χ1v) is 10.2. The summed E-state index contributed by atoms with van der Waals surface area (Å²) in [5, 5.41) is 4.84. The summed E-state index contributed by atoms with van der Waals surface area (Å²) in [6.45, 7) is 3.56. The highest BCUT2D eigenvalue weighted by Gasteiger charge is 2.27. The van der Waals surface area contributed by atoms with Gasteiger partial charge in [-0.1, -0.05) is 6.07 Å². The first-order chi connectivity index (χ1) is 11.5. The van der Waals surface area contributed by atoms with Crippen LogP contribution in [0, 0.1) is 6.92 Å². The van der Waals surface area contributed by atoms with Crippen LogP contribution in [0.4, 0.5) is 0 Å². The van der Waals surface area contributed by atoms with E-state index in [1.165, 1.54) is 10.4 Å². The normalized spacial score (nSPS) is 15.5. The molecule has 2 aromatic rings. The predicted molar refractivity (Wildman–Crippen MR) is 94.7 cm³/mol. The van der Waals surface area contributed by atoms with Crippen molar-refractivity contribution in [2.45, 2.75) is 31.2 Å². The third-order valence-corrected chi connectivity index (χ3v) is 7.09. The largest absolute Gasteiger partial charge is 0.347 e. The summed E-state index contributed by atoms with van der Waals surface area (Å²) in [6.07, 6.45) is 1.78. The second kappa shape index (κ2) is 7.04. The number of nitrogens with zero attached hydrogens (tertiary/aromatic N) is 1. The van der Waals surface area contributed by atoms with Gasteiger partial charge in [-0.15, -0.1) is 11.3 Å². The molecule has 24 heavy (non-hydrogen) atoms. The molecule has 2 heterocycles. The number of rotatable bonds is 5. The molecule has 1 aromatic carbocycles. The minimum Gasteiger partial charge on any atom is -0.347 e. The predicted octanol–water partition coefficient (Wildman–Crippen LogP) is 2.77. The molecule has 128 valence electrons. The average molecular weight is 364 g/mol. The van der Waals surface area contributed by atoms with Crippen LogP contribution in [0.5, 0.6) is 0 Å². The van der Waals surface area contributed by atoms with Gasteiger partial charge in [-0.25, -0.2) is 8.42 Å². The molecule has 0 atom stereocenters. The van der Waals surface area contributed by atoms with Crippen molar-refractivity contribution in [3.63, 3.8) is 0 Å². The lowest BCUT2D eigenvalue weighted by Crippen LogP contribution is -2.28. The third-order valence-electron chi connectivity index (χ3n) is 4.18. The zero-order valence-corrected chi connectivity index (χ0v) is 15.1. The molecule has 1 N–H and O–H groups in total. The van der Waals surface area contributed by atoms with Crippen molar-refractivity contribution >= 4 is 27.3 Å². The number of amides is 1. The van der Waals surface area contributed by atoms with E-state index >= 15 is 0 Å². The molecule has 1 saturated heterocycles. The summed E-state index contributed by atoms with van der Waals surface area (Å²) in [6, 6.07) is 8.28. The number of benzene rings is 1. The second-order valence-corrected chi connectivity index (χ2v) is 8.79. The molecule has 0 spiro atoms. The summed E-state index contributed by atoms with van der Waals surface area (Å²) in [5.41, 5.74) is 1.51. The van der Waals surface area contributed by atoms with Crippen LogP contribution >= 0.6 is 11.3 Å². The number of carbonyl (C=O) groups is 1. The standard InChI is InChI=1S/C17H20N2O3S2/c1-13-7-10-23-16(13)12-18-17(20)14-5-4-6-15(11-14)24(21,22)19-8-2-3-9-19/h4-7,10-11H,2-3,8-9,12H2,1H3,(H,18,20). The Bertz CT molecular complexity index is 837. The molecule has 1 aromatic heterocycles. The Kier molecular flexibility index (Phi) is 5.03. The van der Waals surface area contributed by atoms with Crippen LogP contribution in [-0.2, 0) is 16.6 Å². The van der Waals surface area contributed by atoms with E-state index in [-0.39, 0.29) is 10.8 Å². The zero-order chi connectivity index (χ0) is 17.2. The number of hydrogen-bond donors (Lipinski definition) is 1. The van der Waals surface area contributed by atoms with Crippen molar-refractivity contribution in [3.05, 3.63) is 51.7 Å². The number of nitrogens with one attached hydrogen (secondary N) is 1. The third kappa shape index (κ3) is 3.53. The maximum atomic E-state index is 12.6. The van der Waals surface area contributed by atoms with Crippen LogP contribution in [-0.4, -0.2) is 31.7 Å². The molecule has 5 nitrogen and oxygen atoms in total.